The molecule has 2 N–H and O–H groups in total. The summed E-state index contributed by atoms with van der Waals surface area (Å²) in [4.78, 5) is 0.225. The largest absolute Gasteiger partial charge is 0.493 e. The number of sulfonamides is 1. The summed E-state index contributed by atoms with van der Waals surface area (Å²) in [6.07, 6.45) is 1.03. The summed E-state index contributed by atoms with van der Waals surface area (Å²) in [5, 5.41) is 3.14. The monoisotopic (exact) mass is 400 g/mol. The van der Waals surface area contributed by atoms with E-state index in [1.165, 1.54) is 6.07 Å². The number of benzene rings is 1. The van der Waals surface area contributed by atoms with E-state index < -0.39 is 10.0 Å². The van der Waals surface area contributed by atoms with Gasteiger partial charge in [0.1, 0.15) is 5.75 Å². The van der Waals surface area contributed by atoms with Crippen LogP contribution >= 0.6 is 28.3 Å². The topological polar surface area (TPSA) is 67.4 Å². The number of halogens is 2. The molecule has 8 heteroatoms. The predicted molar refractivity (Wildman–Crippen MR) is 90.9 cm³/mol. The van der Waals surface area contributed by atoms with Crippen molar-refractivity contribution in [3.63, 3.8) is 0 Å². The van der Waals surface area contributed by atoms with E-state index in [9.17, 15) is 8.42 Å². The second kappa shape index (κ2) is 10.4. The van der Waals surface area contributed by atoms with E-state index >= 15 is 0 Å². The third-order valence-electron chi connectivity index (χ3n) is 2.53. The van der Waals surface area contributed by atoms with Gasteiger partial charge in [-0.15, -0.1) is 12.4 Å². The lowest BCUT2D eigenvalue weighted by Gasteiger charge is -2.10. The summed E-state index contributed by atoms with van der Waals surface area (Å²) in [6.45, 7) is 6.34. The maximum atomic E-state index is 12.1. The molecule has 0 heterocycles. The Hall–Kier alpha value is -0.340. The Morgan fingerprint density at radius 1 is 1.19 bits per heavy atom. The van der Waals surface area contributed by atoms with Gasteiger partial charge >= 0.3 is 0 Å². The second-order valence-electron chi connectivity index (χ2n) is 4.17. The van der Waals surface area contributed by atoms with Gasteiger partial charge in [0.2, 0.25) is 10.0 Å². The molecule has 1 rings (SSSR count). The molecule has 122 valence electrons. The molecule has 0 aliphatic carbocycles. The Labute approximate surface area is 141 Å². The lowest BCUT2D eigenvalue weighted by Crippen LogP contribution is -2.32. The van der Waals surface area contributed by atoms with Gasteiger partial charge in [-0.1, -0.05) is 6.92 Å². The highest BCUT2D eigenvalue weighted by Crippen LogP contribution is 2.27. The molecule has 0 spiro atoms. The van der Waals surface area contributed by atoms with Crippen LogP contribution in [-0.2, 0) is 10.0 Å². The normalized spacial score (nSPS) is 11.0. The second-order valence-corrected chi connectivity index (χ2v) is 6.79. The first-order chi connectivity index (χ1) is 9.51. The van der Waals surface area contributed by atoms with Gasteiger partial charge in [-0.3, -0.25) is 0 Å². The van der Waals surface area contributed by atoms with Gasteiger partial charge in [-0.05, 0) is 54.0 Å². The van der Waals surface area contributed by atoms with Crippen molar-refractivity contribution >= 4 is 38.4 Å². The Bertz CT molecular complexity index is 526. The van der Waals surface area contributed by atoms with Crippen molar-refractivity contribution in [2.24, 2.45) is 0 Å². The molecule has 0 fully saturated rings. The minimum atomic E-state index is -3.48. The van der Waals surface area contributed by atoms with Gasteiger partial charge in [0.25, 0.3) is 0 Å². The Kier molecular flexibility index (Phi) is 10.2. The first-order valence-corrected chi connectivity index (χ1v) is 8.91. The summed E-state index contributed by atoms with van der Waals surface area (Å²) < 4.78 is 32.7. The van der Waals surface area contributed by atoms with E-state index in [1.807, 2.05) is 6.92 Å². The van der Waals surface area contributed by atoms with Crippen LogP contribution in [0, 0.1) is 0 Å². The number of ether oxygens (including phenoxy) is 1. The van der Waals surface area contributed by atoms with Crippen LogP contribution in [0.2, 0.25) is 0 Å². The van der Waals surface area contributed by atoms with E-state index in [-0.39, 0.29) is 17.3 Å². The zero-order valence-electron chi connectivity index (χ0n) is 12.2. The molecule has 21 heavy (non-hydrogen) atoms. The fraction of sp³-hybridized carbons (Fsp3) is 0.538. The summed E-state index contributed by atoms with van der Waals surface area (Å²) in [5.74, 6) is 0.635. The van der Waals surface area contributed by atoms with Gasteiger partial charge in [0, 0.05) is 13.1 Å². The molecule has 0 saturated heterocycles. The molecule has 0 aliphatic heterocycles. The van der Waals surface area contributed by atoms with Crippen molar-refractivity contribution in [2.45, 2.75) is 25.2 Å². The molecule has 1 aromatic rings. The molecule has 0 aliphatic rings. The molecule has 0 atom stereocenters. The minimum Gasteiger partial charge on any atom is -0.493 e. The van der Waals surface area contributed by atoms with Crippen LogP contribution in [0.15, 0.2) is 27.6 Å². The number of hydrogen-bond donors (Lipinski definition) is 2. The van der Waals surface area contributed by atoms with Crippen molar-refractivity contribution in [3.8, 4) is 5.75 Å². The fourth-order valence-corrected chi connectivity index (χ4v) is 3.28. The van der Waals surface area contributed by atoms with Gasteiger partial charge < -0.3 is 10.1 Å². The fourth-order valence-electron chi connectivity index (χ4n) is 1.58. The van der Waals surface area contributed by atoms with E-state index in [4.69, 9.17) is 4.74 Å². The van der Waals surface area contributed by atoms with Gasteiger partial charge in [-0.25, -0.2) is 13.1 Å². The molecule has 0 unspecified atom stereocenters. The summed E-state index contributed by atoms with van der Waals surface area (Å²) >= 11 is 3.31. The molecule has 1 aromatic carbocycles. The Balaban J connectivity index is 0.00000400. The van der Waals surface area contributed by atoms with Crippen LogP contribution in [0.25, 0.3) is 0 Å². The van der Waals surface area contributed by atoms with E-state index in [2.05, 4.69) is 32.9 Å². The van der Waals surface area contributed by atoms with Gasteiger partial charge in [-0.2, -0.15) is 0 Å². The number of rotatable bonds is 9. The number of hydrogen-bond acceptors (Lipinski definition) is 4. The van der Waals surface area contributed by atoms with E-state index in [0.29, 0.717) is 29.9 Å². The van der Waals surface area contributed by atoms with Gasteiger partial charge in [0.05, 0.1) is 16.0 Å². The Morgan fingerprint density at radius 2 is 1.90 bits per heavy atom. The quantitative estimate of drug-likeness (QED) is 0.624. The van der Waals surface area contributed by atoms with Crippen molar-refractivity contribution in [2.75, 3.05) is 26.2 Å². The highest BCUT2D eigenvalue weighted by Gasteiger charge is 2.15. The van der Waals surface area contributed by atoms with Crippen LogP contribution in [-0.4, -0.2) is 34.7 Å². The summed E-state index contributed by atoms with van der Waals surface area (Å²) in [5.41, 5.74) is 0. The lowest BCUT2D eigenvalue weighted by atomic mass is 10.3. The molecule has 0 aromatic heterocycles. The van der Waals surface area contributed by atoms with Crippen LogP contribution in [0.3, 0.4) is 0 Å². The average Bonchev–Trinajstić information content (AvgIpc) is 2.41. The SMILES string of the molecule is CCCNCCNS(=O)(=O)c1ccc(OCC)c(Br)c1.Cl. The smallest absolute Gasteiger partial charge is 0.240 e. The zero-order valence-corrected chi connectivity index (χ0v) is 15.4. The maximum absolute atomic E-state index is 12.1. The predicted octanol–water partition coefficient (Wildman–Crippen LogP) is 2.55. The number of nitrogens with one attached hydrogen (secondary N) is 2. The third-order valence-corrected chi connectivity index (χ3v) is 4.61. The third kappa shape index (κ3) is 6.97. The van der Waals surface area contributed by atoms with E-state index in [0.717, 1.165) is 13.0 Å². The van der Waals surface area contributed by atoms with Crippen molar-refractivity contribution in [3.05, 3.63) is 22.7 Å². The van der Waals surface area contributed by atoms with Gasteiger partial charge in [0.15, 0.2) is 0 Å². The first kappa shape index (κ1) is 20.7. The molecule has 0 amide bonds. The van der Waals surface area contributed by atoms with Crippen molar-refractivity contribution in [1.29, 1.82) is 0 Å². The molecular formula is C13H22BrClN2O3S. The van der Waals surface area contributed by atoms with Crippen molar-refractivity contribution < 1.29 is 13.2 Å². The minimum absolute atomic E-state index is 0. The highest BCUT2D eigenvalue weighted by molar-refractivity contribution is 9.10. The van der Waals surface area contributed by atoms with E-state index in [1.54, 1.807) is 12.1 Å². The average molecular weight is 402 g/mol. The maximum Gasteiger partial charge on any atom is 0.240 e. The zero-order chi connectivity index (χ0) is 15.0. The molecule has 0 saturated carbocycles. The molecule has 5 nitrogen and oxygen atoms in total. The van der Waals surface area contributed by atoms with Crippen molar-refractivity contribution in [1.82, 2.24) is 10.0 Å². The lowest BCUT2D eigenvalue weighted by molar-refractivity contribution is 0.338. The van der Waals surface area contributed by atoms with Crippen LogP contribution in [0.5, 0.6) is 5.75 Å². The molecule has 0 radical (unpaired) electrons. The summed E-state index contributed by atoms with van der Waals surface area (Å²) in [7, 11) is -3.48. The van der Waals surface area contributed by atoms with Crippen LogP contribution in [0.1, 0.15) is 20.3 Å². The Morgan fingerprint density at radius 3 is 2.48 bits per heavy atom. The van der Waals surface area contributed by atoms with Crippen LogP contribution in [0.4, 0.5) is 0 Å². The highest BCUT2D eigenvalue weighted by atomic mass is 79.9. The summed E-state index contributed by atoms with van der Waals surface area (Å²) in [6, 6.07) is 4.74. The standard InChI is InChI=1S/C13H21BrN2O3S.ClH/c1-3-7-15-8-9-16-20(17,18)11-5-6-13(19-4-2)12(14)10-11;/h5-6,10,15-16H,3-4,7-9H2,1-2H3;1H. The molecule has 0 bridgehead atoms. The van der Waals surface area contributed by atoms with Crippen LogP contribution < -0.4 is 14.8 Å². The molecular weight excluding hydrogens is 380 g/mol. The first-order valence-electron chi connectivity index (χ1n) is 6.64.